The van der Waals surface area contributed by atoms with Crippen LogP contribution in [0.5, 0.6) is 0 Å². The Bertz CT molecular complexity index is 700. The molecule has 0 radical (unpaired) electrons. The van der Waals surface area contributed by atoms with E-state index in [-0.39, 0.29) is 0 Å². The van der Waals surface area contributed by atoms with Crippen molar-refractivity contribution >= 4 is 23.2 Å². The van der Waals surface area contributed by atoms with E-state index in [4.69, 9.17) is 23.2 Å². The van der Waals surface area contributed by atoms with Crippen LogP contribution < -0.4 is 5.32 Å². The number of halogens is 2. The Morgan fingerprint density at radius 3 is 2.12 bits per heavy atom. The molecule has 1 N–H and O–H groups in total. The molecule has 3 heteroatoms. The fourth-order valence-corrected chi connectivity index (χ4v) is 5.39. The topological polar surface area (TPSA) is 12.0 Å². The molecule has 25 heavy (non-hydrogen) atoms. The Kier molecular flexibility index (Phi) is 5.08. The maximum atomic E-state index is 6.12. The number of hydrogen-bond acceptors (Lipinski definition) is 1. The van der Waals surface area contributed by atoms with Gasteiger partial charge < -0.3 is 5.32 Å². The van der Waals surface area contributed by atoms with E-state index < -0.39 is 0 Å². The summed E-state index contributed by atoms with van der Waals surface area (Å²) in [5.41, 5.74) is 3.22. The first-order chi connectivity index (χ1) is 12.1. The zero-order chi connectivity index (χ0) is 17.3. The third kappa shape index (κ3) is 3.74. The van der Waals surface area contributed by atoms with Gasteiger partial charge in [-0.15, -0.1) is 0 Å². The second-order valence-corrected chi connectivity index (χ2v) is 8.67. The first-order valence-corrected chi connectivity index (χ1v) is 10.1. The monoisotopic (exact) mass is 373 g/mol. The van der Waals surface area contributed by atoms with Crippen LogP contribution >= 0.6 is 23.2 Å². The Morgan fingerprint density at radius 2 is 1.52 bits per heavy atom. The van der Waals surface area contributed by atoms with E-state index in [1.54, 1.807) is 6.07 Å². The van der Waals surface area contributed by atoms with Gasteiger partial charge in [-0.25, -0.2) is 0 Å². The van der Waals surface area contributed by atoms with E-state index in [0.717, 1.165) is 22.5 Å². The molecule has 2 fully saturated rings. The zero-order valence-electron chi connectivity index (χ0n) is 14.5. The number of hydrogen-bond donors (Lipinski definition) is 1. The van der Waals surface area contributed by atoms with Gasteiger partial charge in [-0.3, -0.25) is 0 Å². The van der Waals surface area contributed by atoms with Crippen LogP contribution in [0.1, 0.15) is 55.6 Å². The van der Waals surface area contributed by atoms with Gasteiger partial charge in [0.2, 0.25) is 0 Å². The summed E-state index contributed by atoms with van der Waals surface area (Å²) >= 11 is 12.2. The maximum Gasteiger partial charge on any atom is 0.0424 e. The fourth-order valence-electron chi connectivity index (χ4n) is 4.82. The minimum atomic E-state index is 0.521. The molecule has 1 spiro atoms. The van der Waals surface area contributed by atoms with Gasteiger partial charge in [-0.2, -0.15) is 0 Å². The number of nitrogens with one attached hydrogen (secondary N) is 1. The summed E-state index contributed by atoms with van der Waals surface area (Å²) in [6.45, 7) is 0.856. The van der Waals surface area contributed by atoms with E-state index in [0.29, 0.717) is 11.5 Å². The van der Waals surface area contributed by atoms with E-state index in [1.165, 1.54) is 49.7 Å². The van der Waals surface area contributed by atoms with Gasteiger partial charge in [-0.1, -0.05) is 53.5 Å². The summed E-state index contributed by atoms with van der Waals surface area (Å²) in [6.07, 6.45) is 8.02. The van der Waals surface area contributed by atoms with Crippen molar-refractivity contribution in [2.24, 2.45) is 5.41 Å². The molecular formula is C22H25Cl2N. The molecule has 2 aromatic rings. The zero-order valence-corrected chi connectivity index (χ0v) is 16.0. The van der Waals surface area contributed by atoms with Crippen LogP contribution in [0.15, 0.2) is 48.5 Å². The van der Waals surface area contributed by atoms with Gasteiger partial charge in [0.25, 0.3) is 0 Å². The largest absolute Gasteiger partial charge is 0.309 e. The lowest BCUT2D eigenvalue weighted by Crippen LogP contribution is -2.54. The summed E-state index contributed by atoms with van der Waals surface area (Å²) in [5.74, 6) is 0.750. The molecule has 2 saturated carbocycles. The number of rotatable bonds is 4. The predicted octanol–water partition coefficient (Wildman–Crippen LogP) is 6.59. The van der Waals surface area contributed by atoms with E-state index in [9.17, 15) is 0 Å². The molecule has 2 aromatic carbocycles. The van der Waals surface area contributed by atoms with Crippen LogP contribution in [-0.4, -0.2) is 6.04 Å². The molecule has 0 saturated heterocycles. The van der Waals surface area contributed by atoms with Crippen molar-refractivity contribution in [1.82, 2.24) is 5.32 Å². The summed E-state index contributed by atoms with van der Waals surface area (Å²) < 4.78 is 0. The van der Waals surface area contributed by atoms with Crippen molar-refractivity contribution in [3.63, 3.8) is 0 Å². The smallest absolute Gasteiger partial charge is 0.0424 e. The molecule has 0 bridgehead atoms. The van der Waals surface area contributed by atoms with Crippen molar-refractivity contribution in [3.05, 3.63) is 69.7 Å². The molecule has 2 aliphatic carbocycles. The lowest BCUT2D eigenvalue weighted by atomic mass is 9.55. The number of benzene rings is 2. The van der Waals surface area contributed by atoms with Crippen LogP contribution in [0.4, 0.5) is 0 Å². The first-order valence-electron chi connectivity index (χ1n) is 9.38. The quantitative estimate of drug-likeness (QED) is 0.637. The highest BCUT2D eigenvalue weighted by molar-refractivity contribution is 6.34. The summed E-state index contributed by atoms with van der Waals surface area (Å²) in [5, 5.41) is 5.22. The molecule has 4 rings (SSSR count). The molecule has 0 aliphatic heterocycles. The summed E-state index contributed by atoms with van der Waals surface area (Å²) in [6, 6.07) is 17.5. The van der Waals surface area contributed by atoms with Crippen molar-refractivity contribution in [1.29, 1.82) is 0 Å². The Hall–Kier alpha value is -1.02. The van der Waals surface area contributed by atoms with Crippen LogP contribution in [0.25, 0.3) is 0 Å². The molecule has 0 heterocycles. The molecule has 1 nitrogen and oxygen atoms in total. The molecule has 0 aromatic heterocycles. The van der Waals surface area contributed by atoms with Gasteiger partial charge in [0.15, 0.2) is 0 Å². The SMILES string of the molecule is Clc1cc(Cl)cc(CNC2CCC23CCC(c2ccccc2)CC3)c1. The van der Waals surface area contributed by atoms with E-state index >= 15 is 0 Å². The Morgan fingerprint density at radius 1 is 0.880 bits per heavy atom. The van der Waals surface area contributed by atoms with Crippen LogP contribution in [0, 0.1) is 5.41 Å². The highest BCUT2D eigenvalue weighted by Crippen LogP contribution is 2.54. The average molecular weight is 374 g/mol. The van der Waals surface area contributed by atoms with Crippen molar-refractivity contribution in [2.75, 3.05) is 0 Å². The molecule has 1 atom stereocenters. The average Bonchev–Trinajstić information content (AvgIpc) is 2.61. The van der Waals surface area contributed by atoms with E-state index in [2.05, 4.69) is 35.6 Å². The molecule has 2 aliphatic rings. The highest BCUT2D eigenvalue weighted by atomic mass is 35.5. The van der Waals surface area contributed by atoms with Crippen molar-refractivity contribution < 1.29 is 0 Å². The van der Waals surface area contributed by atoms with Gasteiger partial charge in [0.05, 0.1) is 0 Å². The standard InChI is InChI=1S/C22H25Cl2N/c23-19-12-16(13-20(24)14-19)15-25-21-8-11-22(21)9-6-18(7-10-22)17-4-2-1-3-5-17/h1-5,12-14,18,21,25H,6-11,15H2. The lowest BCUT2D eigenvalue weighted by molar-refractivity contribution is 0.0164. The van der Waals surface area contributed by atoms with Crippen LogP contribution in [0.2, 0.25) is 10.0 Å². The maximum absolute atomic E-state index is 6.12. The summed E-state index contributed by atoms with van der Waals surface area (Å²) in [7, 11) is 0. The molecule has 0 amide bonds. The predicted molar refractivity (Wildman–Crippen MR) is 106 cm³/mol. The lowest BCUT2D eigenvalue weighted by Gasteiger charge is -2.54. The van der Waals surface area contributed by atoms with Crippen molar-refractivity contribution in [3.8, 4) is 0 Å². The first kappa shape index (κ1) is 17.4. The third-order valence-corrected chi connectivity index (χ3v) is 6.83. The minimum Gasteiger partial charge on any atom is -0.309 e. The highest BCUT2D eigenvalue weighted by Gasteiger charge is 2.47. The third-order valence-electron chi connectivity index (χ3n) is 6.40. The fraction of sp³-hybridized carbons (Fsp3) is 0.455. The molecule has 1 unspecified atom stereocenters. The van der Waals surface area contributed by atoms with E-state index in [1.807, 2.05) is 12.1 Å². The van der Waals surface area contributed by atoms with Gasteiger partial charge >= 0.3 is 0 Å². The molecular weight excluding hydrogens is 349 g/mol. The normalized spacial score (nSPS) is 28.7. The van der Waals surface area contributed by atoms with Crippen molar-refractivity contribution in [2.45, 2.75) is 57.0 Å². The Labute approximate surface area is 160 Å². The minimum absolute atomic E-state index is 0.521. The van der Waals surface area contributed by atoms with Gasteiger partial charge in [-0.05, 0) is 79.2 Å². The summed E-state index contributed by atoms with van der Waals surface area (Å²) in [4.78, 5) is 0. The van der Waals surface area contributed by atoms with Crippen LogP contribution in [-0.2, 0) is 6.54 Å². The van der Waals surface area contributed by atoms with Gasteiger partial charge in [0, 0.05) is 22.6 Å². The van der Waals surface area contributed by atoms with Gasteiger partial charge in [0.1, 0.15) is 0 Å². The molecule has 132 valence electrons. The Balaban J connectivity index is 1.34. The van der Waals surface area contributed by atoms with Crippen LogP contribution in [0.3, 0.4) is 0 Å². The second-order valence-electron chi connectivity index (χ2n) is 7.80. The second kappa shape index (κ2) is 7.31.